The number of carbonyl (C=O) groups excluding carboxylic acids is 1. The maximum atomic E-state index is 11.5. The molecule has 1 amide bonds. The maximum absolute atomic E-state index is 11.5. The standard InChI is InChI=1S/C8H16N2O3/c1-9-7-2-3-10(8(7)13)6(4-11)5-12/h6-7,9,11-12H,2-5H2,1H3. The van der Waals surface area contributed by atoms with Crippen LogP contribution in [0.5, 0.6) is 0 Å². The first kappa shape index (κ1) is 10.4. The molecular formula is C8H16N2O3. The first-order valence-electron chi connectivity index (χ1n) is 4.44. The average molecular weight is 188 g/mol. The molecule has 1 atom stereocenters. The molecule has 5 nitrogen and oxygen atoms in total. The molecule has 0 radical (unpaired) electrons. The molecule has 0 saturated carbocycles. The minimum absolute atomic E-state index is 0.0319. The molecule has 13 heavy (non-hydrogen) atoms. The highest BCUT2D eigenvalue weighted by Crippen LogP contribution is 2.13. The normalized spacial score (nSPS) is 23.2. The first-order chi connectivity index (χ1) is 6.24. The van der Waals surface area contributed by atoms with Crippen LogP contribution in [-0.2, 0) is 4.79 Å². The van der Waals surface area contributed by atoms with Gasteiger partial charge in [-0.05, 0) is 13.5 Å². The summed E-state index contributed by atoms with van der Waals surface area (Å²) >= 11 is 0. The number of likely N-dealkylation sites (N-methyl/N-ethyl adjacent to an activating group) is 1. The lowest BCUT2D eigenvalue weighted by molar-refractivity contribution is -0.132. The molecule has 0 spiro atoms. The molecule has 0 aliphatic carbocycles. The highest BCUT2D eigenvalue weighted by molar-refractivity contribution is 5.84. The van der Waals surface area contributed by atoms with Gasteiger partial charge in [-0.15, -0.1) is 0 Å². The van der Waals surface area contributed by atoms with Crippen molar-refractivity contribution in [3.05, 3.63) is 0 Å². The van der Waals surface area contributed by atoms with Crippen LogP contribution in [0.2, 0.25) is 0 Å². The zero-order valence-electron chi connectivity index (χ0n) is 7.73. The second kappa shape index (κ2) is 4.55. The quantitative estimate of drug-likeness (QED) is 0.485. The monoisotopic (exact) mass is 188 g/mol. The molecule has 76 valence electrons. The minimum Gasteiger partial charge on any atom is -0.394 e. The van der Waals surface area contributed by atoms with Gasteiger partial charge in [-0.3, -0.25) is 4.79 Å². The van der Waals surface area contributed by atoms with Gasteiger partial charge in [0.15, 0.2) is 0 Å². The molecule has 5 heteroatoms. The van der Waals surface area contributed by atoms with Crippen molar-refractivity contribution in [2.45, 2.75) is 18.5 Å². The number of aliphatic hydroxyl groups is 2. The second-order valence-electron chi connectivity index (χ2n) is 3.18. The summed E-state index contributed by atoms with van der Waals surface area (Å²) in [6, 6.07) is -0.591. The van der Waals surface area contributed by atoms with Gasteiger partial charge >= 0.3 is 0 Å². The van der Waals surface area contributed by atoms with E-state index in [0.29, 0.717) is 6.54 Å². The van der Waals surface area contributed by atoms with Gasteiger partial charge in [-0.2, -0.15) is 0 Å². The van der Waals surface area contributed by atoms with Gasteiger partial charge in [0.1, 0.15) is 0 Å². The Morgan fingerprint density at radius 3 is 2.62 bits per heavy atom. The molecule has 3 N–H and O–H groups in total. The number of aliphatic hydroxyl groups excluding tert-OH is 2. The summed E-state index contributed by atoms with van der Waals surface area (Å²) in [6.45, 7) is 0.244. The van der Waals surface area contributed by atoms with Crippen LogP contribution in [-0.4, -0.2) is 59.9 Å². The van der Waals surface area contributed by atoms with Crippen molar-refractivity contribution in [3.8, 4) is 0 Å². The van der Waals surface area contributed by atoms with Crippen molar-refractivity contribution in [1.29, 1.82) is 0 Å². The summed E-state index contributed by atoms with van der Waals surface area (Å²) in [5.74, 6) is -0.0319. The summed E-state index contributed by atoms with van der Waals surface area (Å²) in [5, 5.41) is 20.7. The Hall–Kier alpha value is -0.650. The smallest absolute Gasteiger partial charge is 0.240 e. The van der Waals surface area contributed by atoms with Crippen LogP contribution in [0, 0.1) is 0 Å². The molecule has 0 aromatic rings. The molecule has 0 bridgehead atoms. The molecular weight excluding hydrogens is 172 g/mol. The zero-order chi connectivity index (χ0) is 9.84. The van der Waals surface area contributed by atoms with Crippen molar-refractivity contribution in [2.24, 2.45) is 0 Å². The number of amides is 1. The summed E-state index contributed by atoms with van der Waals surface area (Å²) in [5.41, 5.74) is 0. The van der Waals surface area contributed by atoms with Crippen molar-refractivity contribution in [2.75, 3.05) is 26.8 Å². The van der Waals surface area contributed by atoms with Crippen molar-refractivity contribution in [1.82, 2.24) is 10.2 Å². The van der Waals surface area contributed by atoms with Crippen molar-refractivity contribution in [3.63, 3.8) is 0 Å². The van der Waals surface area contributed by atoms with E-state index in [4.69, 9.17) is 10.2 Å². The van der Waals surface area contributed by atoms with E-state index in [1.807, 2.05) is 0 Å². The SMILES string of the molecule is CNC1CCN(C(CO)CO)C1=O. The van der Waals surface area contributed by atoms with Gasteiger partial charge in [-0.1, -0.05) is 0 Å². The fourth-order valence-corrected chi connectivity index (χ4v) is 1.59. The fourth-order valence-electron chi connectivity index (χ4n) is 1.59. The maximum Gasteiger partial charge on any atom is 0.240 e. The van der Waals surface area contributed by atoms with Crippen molar-refractivity contribution >= 4 is 5.91 Å². The minimum atomic E-state index is -0.439. The van der Waals surface area contributed by atoms with Gasteiger partial charge in [0.25, 0.3) is 0 Å². The van der Waals surface area contributed by atoms with E-state index < -0.39 is 6.04 Å². The average Bonchev–Trinajstić information content (AvgIpc) is 2.50. The van der Waals surface area contributed by atoms with E-state index in [1.165, 1.54) is 4.90 Å². The Labute approximate surface area is 77.3 Å². The molecule has 1 fully saturated rings. The van der Waals surface area contributed by atoms with Gasteiger partial charge in [0, 0.05) is 6.54 Å². The number of likely N-dealkylation sites (tertiary alicyclic amines) is 1. The summed E-state index contributed by atoms with van der Waals surface area (Å²) in [4.78, 5) is 13.1. The molecule has 1 aliphatic rings. The van der Waals surface area contributed by atoms with Crippen LogP contribution in [0.1, 0.15) is 6.42 Å². The third kappa shape index (κ3) is 1.99. The largest absolute Gasteiger partial charge is 0.394 e. The van der Waals surface area contributed by atoms with E-state index >= 15 is 0 Å². The van der Waals surface area contributed by atoms with Crippen molar-refractivity contribution < 1.29 is 15.0 Å². The molecule has 1 rings (SSSR count). The van der Waals surface area contributed by atoms with Gasteiger partial charge in [-0.25, -0.2) is 0 Å². The number of carbonyl (C=O) groups is 1. The van der Waals surface area contributed by atoms with E-state index in [9.17, 15) is 4.79 Å². The lowest BCUT2D eigenvalue weighted by Crippen LogP contribution is -2.45. The molecule has 1 unspecified atom stereocenters. The van der Waals surface area contributed by atoms with Gasteiger partial charge in [0.05, 0.1) is 25.3 Å². The molecule has 1 aliphatic heterocycles. The van der Waals surface area contributed by atoms with Crippen LogP contribution < -0.4 is 5.32 Å². The number of nitrogens with one attached hydrogen (secondary N) is 1. The Morgan fingerprint density at radius 2 is 2.23 bits per heavy atom. The van der Waals surface area contributed by atoms with E-state index in [0.717, 1.165) is 6.42 Å². The van der Waals surface area contributed by atoms with E-state index in [-0.39, 0.29) is 25.2 Å². The topological polar surface area (TPSA) is 72.8 Å². The Morgan fingerprint density at radius 1 is 1.62 bits per heavy atom. The number of nitrogens with zero attached hydrogens (tertiary/aromatic N) is 1. The lowest BCUT2D eigenvalue weighted by atomic mass is 10.2. The predicted molar refractivity (Wildman–Crippen MR) is 47.1 cm³/mol. The predicted octanol–water partition coefficient (Wildman–Crippen LogP) is -1.84. The molecule has 1 saturated heterocycles. The Kier molecular flexibility index (Phi) is 3.65. The van der Waals surface area contributed by atoms with E-state index in [1.54, 1.807) is 7.05 Å². The van der Waals surface area contributed by atoms with Gasteiger partial charge in [0.2, 0.25) is 5.91 Å². The summed E-state index contributed by atoms with van der Waals surface area (Å²) in [7, 11) is 1.74. The lowest BCUT2D eigenvalue weighted by Gasteiger charge is -2.24. The highest BCUT2D eigenvalue weighted by Gasteiger charge is 2.34. The van der Waals surface area contributed by atoms with Crippen LogP contribution in [0.4, 0.5) is 0 Å². The van der Waals surface area contributed by atoms with E-state index in [2.05, 4.69) is 5.32 Å². The Balaban J connectivity index is 2.57. The summed E-state index contributed by atoms with van der Waals surface area (Å²) in [6.07, 6.45) is 0.742. The van der Waals surface area contributed by atoms with Crippen LogP contribution in [0.15, 0.2) is 0 Å². The number of hydrogen-bond acceptors (Lipinski definition) is 4. The van der Waals surface area contributed by atoms with Crippen LogP contribution >= 0.6 is 0 Å². The Bertz CT molecular complexity index is 182. The third-order valence-electron chi connectivity index (χ3n) is 2.45. The second-order valence-corrected chi connectivity index (χ2v) is 3.18. The molecule has 0 aromatic heterocycles. The molecule has 1 heterocycles. The van der Waals surface area contributed by atoms with Crippen LogP contribution in [0.3, 0.4) is 0 Å². The van der Waals surface area contributed by atoms with Crippen LogP contribution in [0.25, 0.3) is 0 Å². The fraction of sp³-hybridized carbons (Fsp3) is 0.875. The third-order valence-corrected chi connectivity index (χ3v) is 2.45. The first-order valence-corrected chi connectivity index (χ1v) is 4.44. The number of rotatable bonds is 4. The molecule has 0 aromatic carbocycles. The summed E-state index contributed by atoms with van der Waals surface area (Å²) < 4.78 is 0. The number of hydrogen-bond donors (Lipinski definition) is 3. The zero-order valence-corrected chi connectivity index (χ0v) is 7.73. The van der Waals surface area contributed by atoms with Gasteiger partial charge < -0.3 is 20.4 Å². The highest BCUT2D eigenvalue weighted by atomic mass is 16.3.